The number of aryl methyl sites for hydroxylation is 2. The zero-order valence-electron chi connectivity index (χ0n) is 18.9. The van der Waals surface area contributed by atoms with Crippen molar-refractivity contribution in [2.75, 3.05) is 6.61 Å². The molecule has 4 rings (SSSR count). The maximum absolute atomic E-state index is 12.3. The second-order valence-electron chi connectivity index (χ2n) is 8.04. The van der Waals surface area contributed by atoms with Crippen molar-refractivity contribution in [2.45, 2.75) is 27.3 Å². The van der Waals surface area contributed by atoms with E-state index < -0.39 is 0 Å². The first-order valence-electron chi connectivity index (χ1n) is 10.8. The van der Waals surface area contributed by atoms with Crippen LogP contribution in [0.5, 0.6) is 5.75 Å². The maximum atomic E-state index is 12.3. The van der Waals surface area contributed by atoms with Crippen molar-refractivity contribution in [1.29, 1.82) is 0 Å². The Labute approximate surface area is 198 Å². The highest BCUT2D eigenvalue weighted by Gasteiger charge is 2.13. The van der Waals surface area contributed by atoms with E-state index in [4.69, 9.17) is 16.3 Å². The van der Waals surface area contributed by atoms with Gasteiger partial charge in [0.25, 0.3) is 5.91 Å². The Hall–Kier alpha value is -3.57. The van der Waals surface area contributed by atoms with E-state index in [1.54, 1.807) is 6.21 Å². The minimum absolute atomic E-state index is 0.132. The Morgan fingerprint density at radius 1 is 1.03 bits per heavy atom. The predicted octanol–water partition coefficient (Wildman–Crippen LogP) is 5.80. The molecule has 0 aliphatic carbocycles. The van der Waals surface area contributed by atoms with E-state index in [0.29, 0.717) is 10.8 Å². The number of hydrogen-bond donors (Lipinski definition) is 1. The van der Waals surface area contributed by atoms with Crippen LogP contribution in [0.15, 0.2) is 71.8 Å². The van der Waals surface area contributed by atoms with E-state index in [9.17, 15) is 4.79 Å². The number of amides is 1. The third-order valence-corrected chi connectivity index (χ3v) is 6.22. The van der Waals surface area contributed by atoms with Crippen LogP contribution in [0, 0.1) is 20.8 Å². The van der Waals surface area contributed by atoms with Gasteiger partial charge in [0.2, 0.25) is 0 Å². The second-order valence-corrected chi connectivity index (χ2v) is 8.42. The molecule has 0 spiro atoms. The fourth-order valence-electron chi connectivity index (χ4n) is 3.93. The first-order valence-corrected chi connectivity index (χ1v) is 11.1. The van der Waals surface area contributed by atoms with E-state index in [1.165, 1.54) is 5.56 Å². The monoisotopic (exact) mass is 459 g/mol. The average Bonchev–Trinajstić information content (AvgIpc) is 3.08. The normalized spacial score (nSPS) is 11.3. The Morgan fingerprint density at radius 3 is 2.42 bits per heavy atom. The van der Waals surface area contributed by atoms with Gasteiger partial charge in [-0.15, -0.1) is 0 Å². The van der Waals surface area contributed by atoms with E-state index in [2.05, 4.69) is 46.3 Å². The zero-order chi connectivity index (χ0) is 23.4. The number of para-hydroxylation sites is 1. The third-order valence-electron chi connectivity index (χ3n) is 5.63. The SMILES string of the molecule is Cc1cc(OCC(=O)N/N=C\c2c(C)n(Cc3ccccc3)c3ccccc23)cc(C)c1Cl. The second kappa shape index (κ2) is 9.92. The third kappa shape index (κ3) is 5.10. The van der Waals surface area contributed by atoms with Crippen molar-refractivity contribution >= 4 is 34.6 Å². The van der Waals surface area contributed by atoms with Gasteiger partial charge in [-0.3, -0.25) is 4.79 Å². The van der Waals surface area contributed by atoms with Crippen molar-refractivity contribution in [1.82, 2.24) is 9.99 Å². The summed E-state index contributed by atoms with van der Waals surface area (Å²) < 4.78 is 7.87. The van der Waals surface area contributed by atoms with E-state index in [1.807, 2.05) is 56.3 Å². The Balaban J connectivity index is 1.47. The van der Waals surface area contributed by atoms with Crippen molar-refractivity contribution in [3.05, 3.63) is 99.7 Å². The molecule has 0 saturated carbocycles. The molecule has 1 aromatic heterocycles. The summed E-state index contributed by atoms with van der Waals surface area (Å²) in [6, 6.07) is 22.2. The fraction of sp³-hybridized carbons (Fsp3) is 0.185. The van der Waals surface area contributed by atoms with Crippen LogP contribution in [0.3, 0.4) is 0 Å². The highest BCUT2D eigenvalue weighted by atomic mass is 35.5. The molecule has 0 aliphatic heterocycles. The molecule has 1 amide bonds. The molecular weight excluding hydrogens is 434 g/mol. The van der Waals surface area contributed by atoms with Gasteiger partial charge < -0.3 is 9.30 Å². The minimum Gasteiger partial charge on any atom is -0.484 e. The first-order chi connectivity index (χ1) is 15.9. The van der Waals surface area contributed by atoms with Crippen LogP contribution < -0.4 is 10.2 Å². The van der Waals surface area contributed by atoms with E-state index >= 15 is 0 Å². The molecule has 6 heteroatoms. The van der Waals surface area contributed by atoms with Crippen LogP contribution >= 0.6 is 11.6 Å². The van der Waals surface area contributed by atoms with Crippen LogP contribution in [-0.4, -0.2) is 23.3 Å². The summed E-state index contributed by atoms with van der Waals surface area (Å²) in [7, 11) is 0. The number of hydrazone groups is 1. The van der Waals surface area contributed by atoms with Crippen molar-refractivity contribution in [3.8, 4) is 5.75 Å². The maximum Gasteiger partial charge on any atom is 0.277 e. The lowest BCUT2D eigenvalue weighted by Gasteiger charge is -2.09. The smallest absolute Gasteiger partial charge is 0.277 e. The summed E-state index contributed by atoms with van der Waals surface area (Å²) in [5, 5.41) is 5.99. The molecule has 0 fully saturated rings. The zero-order valence-corrected chi connectivity index (χ0v) is 19.7. The molecule has 0 radical (unpaired) electrons. The number of nitrogens with one attached hydrogen (secondary N) is 1. The lowest BCUT2D eigenvalue weighted by atomic mass is 10.1. The Morgan fingerprint density at radius 2 is 1.70 bits per heavy atom. The highest BCUT2D eigenvalue weighted by Crippen LogP contribution is 2.26. The molecule has 1 heterocycles. The van der Waals surface area contributed by atoms with E-state index in [0.717, 1.165) is 39.8 Å². The first kappa shape index (κ1) is 22.6. The average molecular weight is 460 g/mol. The van der Waals surface area contributed by atoms with Gasteiger partial charge in [0.05, 0.1) is 6.21 Å². The number of nitrogens with zero attached hydrogens (tertiary/aromatic N) is 2. The molecule has 3 aromatic carbocycles. The van der Waals surface area contributed by atoms with Crippen LogP contribution in [0.1, 0.15) is 27.9 Å². The standard InChI is InChI=1S/C27H26ClN3O2/c1-18-13-22(14-19(2)27(18)28)33-17-26(32)30-29-15-24-20(3)31(16-21-9-5-4-6-10-21)25-12-8-7-11-23(24)25/h4-15H,16-17H2,1-3H3,(H,30,32)/b29-15-. The number of carbonyl (C=O) groups excluding carboxylic acids is 1. The number of halogens is 1. The van der Waals surface area contributed by atoms with Gasteiger partial charge in [-0.1, -0.05) is 60.1 Å². The van der Waals surface area contributed by atoms with Gasteiger partial charge in [0.1, 0.15) is 5.75 Å². The van der Waals surface area contributed by atoms with Gasteiger partial charge in [-0.05, 0) is 55.7 Å². The number of aromatic nitrogens is 1. The van der Waals surface area contributed by atoms with Crippen molar-refractivity contribution < 1.29 is 9.53 Å². The van der Waals surface area contributed by atoms with E-state index in [-0.39, 0.29) is 12.5 Å². The molecule has 5 nitrogen and oxygen atoms in total. The van der Waals surface area contributed by atoms with Gasteiger partial charge in [0.15, 0.2) is 6.61 Å². The molecule has 33 heavy (non-hydrogen) atoms. The van der Waals surface area contributed by atoms with Crippen molar-refractivity contribution in [3.63, 3.8) is 0 Å². The largest absolute Gasteiger partial charge is 0.484 e. The summed E-state index contributed by atoms with van der Waals surface area (Å²) in [5.74, 6) is 0.274. The van der Waals surface area contributed by atoms with Crippen LogP contribution in [0.4, 0.5) is 0 Å². The van der Waals surface area contributed by atoms with Crippen LogP contribution in [-0.2, 0) is 11.3 Å². The number of fused-ring (bicyclic) bond motifs is 1. The number of hydrogen-bond acceptors (Lipinski definition) is 3. The van der Waals surface area contributed by atoms with Gasteiger partial charge in [-0.2, -0.15) is 5.10 Å². The Bertz CT molecular complexity index is 1300. The van der Waals surface area contributed by atoms with Gasteiger partial charge in [-0.25, -0.2) is 5.43 Å². The molecule has 168 valence electrons. The molecule has 0 saturated heterocycles. The lowest BCUT2D eigenvalue weighted by molar-refractivity contribution is -0.123. The predicted molar refractivity (Wildman–Crippen MR) is 134 cm³/mol. The highest BCUT2D eigenvalue weighted by molar-refractivity contribution is 6.32. The molecule has 0 aliphatic rings. The molecule has 0 unspecified atom stereocenters. The summed E-state index contributed by atoms with van der Waals surface area (Å²) in [5.41, 5.74) is 8.80. The molecule has 4 aromatic rings. The number of rotatable bonds is 7. The summed E-state index contributed by atoms with van der Waals surface area (Å²) in [6.45, 7) is 6.51. The molecular formula is C27H26ClN3O2. The summed E-state index contributed by atoms with van der Waals surface area (Å²) in [4.78, 5) is 12.3. The topological polar surface area (TPSA) is 55.6 Å². The number of carbonyl (C=O) groups is 1. The van der Waals surface area contributed by atoms with Crippen LogP contribution in [0.25, 0.3) is 10.9 Å². The number of ether oxygens (including phenoxy) is 1. The van der Waals surface area contributed by atoms with Gasteiger partial charge >= 0.3 is 0 Å². The molecule has 1 N–H and O–H groups in total. The fourth-order valence-corrected chi connectivity index (χ4v) is 4.04. The minimum atomic E-state index is -0.331. The van der Waals surface area contributed by atoms with Gasteiger partial charge in [0, 0.05) is 33.7 Å². The lowest BCUT2D eigenvalue weighted by Crippen LogP contribution is -2.24. The van der Waals surface area contributed by atoms with Crippen molar-refractivity contribution in [2.24, 2.45) is 5.10 Å². The summed E-state index contributed by atoms with van der Waals surface area (Å²) >= 11 is 6.18. The quantitative estimate of drug-likeness (QED) is 0.280. The van der Waals surface area contributed by atoms with Crippen LogP contribution in [0.2, 0.25) is 5.02 Å². The number of benzene rings is 3. The Kier molecular flexibility index (Phi) is 6.80. The molecule has 0 atom stereocenters. The summed E-state index contributed by atoms with van der Waals surface area (Å²) in [6.07, 6.45) is 1.70. The molecule has 0 bridgehead atoms.